The van der Waals surface area contributed by atoms with E-state index in [0.717, 1.165) is 6.54 Å². The van der Waals surface area contributed by atoms with Crippen molar-refractivity contribution in [3.8, 4) is 0 Å². The summed E-state index contributed by atoms with van der Waals surface area (Å²) in [6.07, 6.45) is 0.678. The molecule has 0 spiro atoms. The molecule has 30 heavy (non-hydrogen) atoms. The third-order valence-electron chi connectivity index (χ3n) is 4.92. The Morgan fingerprint density at radius 1 is 1.03 bits per heavy atom. The topological polar surface area (TPSA) is 60.9 Å². The third kappa shape index (κ3) is 4.65. The minimum absolute atomic E-state index is 0.0190. The van der Waals surface area contributed by atoms with Crippen LogP contribution >= 0.6 is 34.8 Å². The molecule has 0 aromatic heterocycles. The van der Waals surface area contributed by atoms with Gasteiger partial charge in [-0.15, -0.1) is 0 Å². The van der Waals surface area contributed by atoms with E-state index in [4.69, 9.17) is 34.8 Å². The highest BCUT2D eigenvalue weighted by Crippen LogP contribution is 2.40. The zero-order chi connectivity index (χ0) is 22.0. The average molecular weight is 468 g/mol. The molecule has 0 saturated carbocycles. The number of likely N-dealkylation sites (tertiary alicyclic amines) is 1. The molecule has 1 fully saturated rings. The number of hydrogen-bond acceptors (Lipinski definition) is 4. The number of amides is 1. The van der Waals surface area contributed by atoms with Crippen molar-refractivity contribution in [3.05, 3.63) is 74.2 Å². The number of halogens is 3. The van der Waals surface area contributed by atoms with E-state index in [1.165, 1.54) is 17.0 Å². The van der Waals surface area contributed by atoms with Gasteiger partial charge in [-0.3, -0.25) is 9.59 Å². The number of aliphatic hydroxyl groups is 1. The van der Waals surface area contributed by atoms with Crippen LogP contribution in [0.3, 0.4) is 0 Å². The van der Waals surface area contributed by atoms with Crippen molar-refractivity contribution < 1.29 is 14.7 Å². The summed E-state index contributed by atoms with van der Waals surface area (Å²) >= 11 is 18.1. The van der Waals surface area contributed by atoms with Crippen LogP contribution in [0.15, 0.2) is 48.0 Å². The van der Waals surface area contributed by atoms with Crippen LogP contribution in [0.1, 0.15) is 23.6 Å². The van der Waals surface area contributed by atoms with E-state index >= 15 is 0 Å². The number of carbonyl (C=O) groups is 2. The van der Waals surface area contributed by atoms with Crippen LogP contribution < -0.4 is 0 Å². The summed E-state index contributed by atoms with van der Waals surface area (Å²) in [5.41, 5.74) is 1.02. The Labute approximate surface area is 190 Å². The smallest absolute Gasteiger partial charge is 0.295 e. The number of Topliss-reactive ketones (excluding diaryl/α,β-unsaturated/α-hetero) is 1. The summed E-state index contributed by atoms with van der Waals surface area (Å²) in [5.74, 6) is -1.67. The zero-order valence-corrected chi connectivity index (χ0v) is 18.8. The Morgan fingerprint density at radius 3 is 2.30 bits per heavy atom. The highest BCUT2D eigenvalue weighted by molar-refractivity contribution is 6.47. The second-order valence-corrected chi connectivity index (χ2v) is 8.58. The van der Waals surface area contributed by atoms with E-state index in [0.29, 0.717) is 34.1 Å². The average Bonchev–Trinajstić information content (AvgIpc) is 2.95. The fourth-order valence-electron chi connectivity index (χ4n) is 3.46. The van der Waals surface area contributed by atoms with E-state index in [1.54, 1.807) is 30.3 Å². The van der Waals surface area contributed by atoms with E-state index in [9.17, 15) is 14.7 Å². The van der Waals surface area contributed by atoms with Crippen LogP contribution in [0.25, 0.3) is 5.76 Å². The van der Waals surface area contributed by atoms with Gasteiger partial charge in [0.25, 0.3) is 11.7 Å². The van der Waals surface area contributed by atoms with Crippen LogP contribution in [0.4, 0.5) is 0 Å². The number of nitrogens with zero attached hydrogens (tertiary/aromatic N) is 2. The summed E-state index contributed by atoms with van der Waals surface area (Å²) in [5, 5.41) is 12.1. The second kappa shape index (κ2) is 9.40. The number of rotatable bonds is 6. The highest BCUT2D eigenvalue weighted by atomic mass is 35.5. The number of aliphatic hydroxyl groups excluding tert-OH is 1. The molecule has 2 aromatic carbocycles. The van der Waals surface area contributed by atoms with Gasteiger partial charge in [0.05, 0.1) is 21.7 Å². The molecule has 0 bridgehead atoms. The van der Waals surface area contributed by atoms with Crippen molar-refractivity contribution in [1.82, 2.24) is 9.80 Å². The molecule has 0 aliphatic carbocycles. The first-order valence-corrected chi connectivity index (χ1v) is 10.5. The molecule has 0 radical (unpaired) electrons. The van der Waals surface area contributed by atoms with Crippen LogP contribution in [-0.4, -0.2) is 53.8 Å². The van der Waals surface area contributed by atoms with E-state index in [1.807, 2.05) is 19.0 Å². The van der Waals surface area contributed by atoms with Gasteiger partial charge in [0.2, 0.25) is 0 Å². The van der Waals surface area contributed by atoms with Crippen LogP contribution in [-0.2, 0) is 9.59 Å². The fraction of sp³-hybridized carbons (Fsp3) is 0.273. The van der Waals surface area contributed by atoms with Gasteiger partial charge < -0.3 is 14.9 Å². The lowest BCUT2D eigenvalue weighted by atomic mass is 9.95. The van der Waals surface area contributed by atoms with Gasteiger partial charge in [-0.05, 0) is 63.0 Å². The number of ketones is 1. The SMILES string of the molecule is CN(C)CCCN1C(=O)C(=O)/C(=C(\O)c2ccc(Cl)c(Cl)c2)C1c1ccc(Cl)cc1. The molecule has 1 unspecified atom stereocenters. The van der Waals surface area contributed by atoms with E-state index < -0.39 is 17.7 Å². The first kappa shape index (κ1) is 22.6. The monoisotopic (exact) mass is 466 g/mol. The predicted molar refractivity (Wildman–Crippen MR) is 120 cm³/mol. The number of benzene rings is 2. The maximum absolute atomic E-state index is 12.9. The molecular weight excluding hydrogens is 447 g/mol. The summed E-state index contributed by atoms with van der Waals surface area (Å²) in [4.78, 5) is 29.3. The molecule has 5 nitrogen and oxygen atoms in total. The standard InChI is InChI=1S/C22H21Cl3N2O3/c1-26(2)10-3-11-27-19(13-4-7-15(23)8-5-13)18(21(29)22(27)30)20(28)14-6-9-16(24)17(25)12-14/h4-9,12,19,28H,3,10-11H2,1-2H3/b20-18-. The van der Waals surface area contributed by atoms with Gasteiger partial charge in [-0.25, -0.2) is 0 Å². The summed E-state index contributed by atoms with van der Waals surface area (Å²) in [7, 11) is 3.88. The molecule has 1 saturated heterocycles. The Kier molecular flexibility index (Phi) is 7.09. The van der Waals surface area contributed by atoms with Crippen molar-refractivity contribution in [2.45, 2.75) is 12.5 Å². The summed E-state index contributed by atoms with van der Waals surface area (Å²) in [6, 6.07) is 10.7. The Morgan fingerprint density at radius 2 is 1.70 bits per heavy atom. The van der Waals surface area contributed by atoms with Crippen molar-refractivity contribution in [2.75, 3.05) is 27.2 Å². The summed E-state index contributed by atoms with van der Waals surface area (Å²) < 4.78 is 0. The van der Waals surface area contributed by atoms with Crippen molar-refractivity contribution in [3.63, 3.8) is 0 Å². The normalized spacial score (nSPS) is 18.5. The maximum atomic E-state index is 12.9. The minimum Gasteiger partial charge on any atom is -0.507 e. The first-order chi connectivity index (χ1) is 14.2. The van der Waals surface area contributed by atoms with Gasteiger partial charge in [-0.2, -0.15) is 0 Å². The van der Waals surface area contributed by atoms with Gasteiger partial charge in [-0.1, -0.05) is 46.9 Å². The Balaban J connectivity index is 2.10. The zero-order valence-electron chi connectivity index (χ0n) is 16.5. The molecule has 1 atom stereocenters. The van der Waals surface area contributed by atoms with Gasteiger partial charge in [0, 0.05) is 17.1 Å². The largest absolute Gasteiger partial charge is 0.507 e. The van der Waals surface area contributed by atoms with Crippen molar-refractivity contribution in [2.24, 2.45) is 0 Å². The molecule has 1 heterocycles. The Bertz CT molecular complexity index is 1000. The molecule has 1 aliphatic heterocycles. The lowest BCUT2D eigenvalue weighted by Gasteiger charge is -2.26. The van der Waals surface area contributed by atoms with Gasteiger partial charge >= 0.3 is 0 Å². The fourth-order valence-corrected chi connectivity index (χ4v) is 3.88. The van der Waals surface area contributed by atoms with E-state index in [2.05, 4.69) is 0 Å². The molecule has 1 N–H and O–H groups in total. The first-order valence-electron chi connectivity index (χ1n) is 9.34. The van der Waals surface area contributed by atoms with Crippen molar-refractivity contribution in [1.29, 1.82) is 0 Å². The number of hydrogen-bond donors (Lipinski definition) is 1. The molecule has 2 aromatic rings. The minimum atomic E-state index is -0.733. The molecule has 1 amide bonds. The van der Waals surface area contributed by atoms with Crippen LogP contribution in [0.5, 0.6) is 0 Å². The van der Waals surface area contributed by atoms with Crippen molar-refractivity contribution >= 4 is 52.3 Å². The molecule has 3 rings (SSSR count). The summed E-state index contributed by atoms with van der Waals surface area (Å²) in [6.45, 7) is 1.12. The lowest BCUT2D eigenvalue weighted by Crippen LogP contribution is -2.32. The maximum Gasteiger partial charge on any atom is 0.295 e. The van der Waals surface area contributed by atoms with Crippen LogP contribution in [0, 0.1) is 0 Å². The number of carbonyl (C=O) groups excluding carboxylic acids is 2. The third-order valence-corrected chi connectivity index (χ3v) is 5.91. The highest BCUT2D eigenvalue weighted by Gasteiger charge is 2.45. The lowest BCUT2D eigenvalue weighted by molar-refractivity contribution is -0.139. The quantitative estimate of drug-likeness (QED) is 0.368. The molecule has 158 valence electrons. The van der Waals surface area contributed by atoms with Crippen LogP contribution in [0.2, 0.25) is 15.1 Å². The second-order valence-electron chi connectivity index (χ2n) is 7.33. The predicted octanol–water partition coefficient (Wildman–Crippen LogP) is 5.02. The Hall–Kier alpha value is -2.05. The van der Waals surface area contributed by atoms with Gasteiger partial charge in [0.15, 0.2) is 0 Å². The molecular formula is C22H21Cl3N2O3. The van der Waals surface area contributed by atoms with Gasteiger partial charge in [0.1, 0.15) is 5.76 Å². The molecule has 8 heteroatoms. The molecule has 1 aliphatic rings. The van der Waals surface area contributed by atoms with E-state index in [-0.39, 0.29) is 16.4 Å².